The Morgan fingerprint density at radius 2 is 1.76 bits per heavy atom. The second-order valence-electron chi connectivity index (χ2n) is 5.14. The summed E-state index contributed by atoms with van der Waals surface area (Å²) >= 11 is 0. The number of carbonyl (C=O) groups is 1. The number of nitrogens with one attached hydrogen (secondary N) is 1. The molecule has 0 bridgehead atoms. The molecule has 2 aromatic carbocycles. The number of carboxylic acids is 1. The molecule has 2 N–H and O–H groups in total. The van der Waals surface area contributed by atoms with Crippen LogP contribution in [0.25, 0.3) is 0 Å². The van der Waals surface area contributed by atoms with Gasteiger partial charge in [0.05, 0.1) is 0 Å². The van der Waals surface area contributed by atoms with Crippen LogP contribution in [0.4, 0.5) is 5.69 Å². The zero-order valence-electron chi connectivity index (χ0n) is 12.3. The monoisotopic (exact) mass is 283 g/mol. The zero-order chi connectivity index (χ0) is 15.1. The highest BCUT2D eigenvalue weighted by Crippen LogP contribution is 2.20. The van der Waals surface area contributed by atoms with Gasteiger partial charge in [0, 0.05) is 5.69 Å². The number of anilines is 1. The van der Waals surface area contributed by atoms with Gasteiger partial charge in [0.15, 0.2) is 0 Å². The molecule has 0 aliphatic rings. The van der Waals surface area contributed by atoms with Crippen LogP contribution in [0.3, 0.4) is 0 Å². The second kappa shape index (κ2) is 7.48. The highest BCUT2D eigenvalue weighted by Gasteiger charge is 2.17. The first-order chi connectivity index (χ1) is 10.2. The van der Waals surface area contributed by atoms with E-state index in [-0.39, 0.29) is 0 Å². The number of hydrogen-bond donors (Lipinski definition) is 2. The average molecular weight is 283 g/mol. The highest BCUT2D eigenvalue weighted by atomic mass is 16.4. The molecule has 2 aromatic rings. The van der Waals surface area contributed by atoms with E-state index in [4.69, 9.17) is 0 Å². The SMILES string of the molecule is CCCC(Nc1ccccc1Cc1ccccc1)C(=O)O. The Balaban J connectivity index is 2.18. The Kier molecular flexibility index (Phi) is 5.38. The van der Waals surface area contributed by atoms with E-state index < -0.39 is 12.0 Å². The molecule has 0 amide bonds. The zero-order valence-corrected chi connectivity index (χ0v) is 12.3. The Hall–Kier alpha value is -2.29. The molecule has 0 spiro atoms. The molecule has 2 rings (SSSR count). The van der Waals surface area contributed by atoms with Crippen molar-refractivity contribution >= 4 is 11.7 Å². The first-order valence-corrected chi connectivity index (χ1v) is 7.32. The van der Waals surface area contributed by atoms with Crippen molar-refractivity contribution in [1.29, 1.82) is 0 Å². The maximum Gasteiger partial charge on any atom is 0.326 e. The fourth-order valence-electron chi connectivity index (χ4n) is 2.36. The summed E-state index contributed by atoms with van der Waals surface area (Å²) in [6.07, 6.45) is 2.25. The summed E-state index contributed by atoms with van der Waals surface area (Å²) in [5.74, 6) is -0.800. The summed E-state index contributed by atoms with van der Waals surface area (Å²) in [4.78, 5) is 11.3. The van der Waals surface area contributed by atoms with Crippen molar-refractivity contribution in [3.63, 3.8) is 0 Å². The van der Waals surface area contributed by atoms with Crippen LogP contribution in [-0.4, -0.2) is 17.1 Å². The lowest BCUT2D eigenvalue weighted by Gasteiger charge is -2.18. The second-order valence-corrected chi connectivity index (χ2v) is 5.14. The van der Waals surface area contributed by atoms with Crippen molar-refractivity contribution in [2.75, 3.05) is 5.32 Å². The maximum atomic E-state index is 11.3. The molecule has 3 nitrogen and oxygen atoms in total. The van der Waals surface area contributed by atoms with Gasteiger partial charge in [0.2, 0.25) is 0 Å². The van der Waals surface area contributed by atoms with E-state index in [0.29, 0.717) is 6.42 Å². The van der Waals surface area contributed by atoms with E-state index in [0.717, 1.165) is 24.1 Å². The maximum absolute atomic E-state index is 11.3. The first-order valence-electron chi connectivity index (χ1n) is 7.32. The Morgan fingerprint density at radius 3 is 2.43 bits per heavy atom. The quantitative estimate of drug-likeness (QED) is 0.809. The topological polar surface area (TPSA) is 49.3 Å². The summed E-state index contributed by atoms with van der Waals surface area (Å²) in [5.41, 5.74) is 3.24. The van der Waals surface area contributed by atoms with Gasteiger partial charge in [-0.15, -0.1) is 0 Å². The van der Waals surface area contributed by atoms with Gasteiger partial charge in [-0.05, 0) is 30.0 Å². The van der Waals surface area contributed by atoms with E-state index in [2.05, 4.69) is 17.4 Å². The van der Waals surface area contributed by atoms with Gasteiger partial charge in [-0.3, -0.25) is 0 Å². The Bertz CT molecular complexity index is 581. The number of para-hydroxylation sites is 1. The van der Waals surface area contributed by atoms with Crippen LogP contribution in [0.5, 0.6) is 0 Å². The minimum Gasteiger partial charge on any atom is -0.480 e. The number of carboxylic acid groups (broad SMARTS) is 1. The summed E-state index contributed by atoms with van der Waals surface area (Å²) in [7, 11) is 0. The standard InChI is InChI=1S/C18H21NO2/c1-2-8-17(18(20)21)19-16-12-7-6-11-15(16)13-14-9-4-3-5-10-14/h3-7,9-12,17,19H,2,8,13H2,1H3,(H,20,21). The molecule has 0 radical (unpaired) electrons. The molecule has 0 saturated heterocycles. The molecular weight excluding hydrogens is 262 g/mol. The van der Waals surface area contributed by atoms with Crippen molar-refractivity contribution in [2.24, 2.45) is 0 Å². The van der Waals surface area contributed by atoms with Crippen molar-refractivity contribution in [3.8, 4) is 0 Å². The van der Waals surface area contributed by atoms with E-state index in [1.807, 2.05) is 49.4 Å². The first kappa shape index (κ1) is 15.1. The molecule has 0 heterocycles. The van der Waals surface area contributed by atoms with Crippen molar-refractivity contribution in [1.82, 2.24) is 0 Å². The minimum atomic E-state index is -0.800. The highest BCUT2D eigenvalue weighted by molar-refractivity contribution is 5.77. The molecule has 0 fully saturated rings. The number of hydrogen-bond acceptors (Lipinski definition) is 2. The fourth-order valence-corrected chi connectivity index (χ4v) is 2.36. The van der Waals surface area contributed by atoms with Gasteiger partial charge >= 0.3 is 5.97 Å². The molecule has 1 unspecified atom stereocenters. The van der Waals surface area contributed by atoms with Crippen molar-refractivity contribution in [3.05, 3.63) is 65.7 Å². The molecule has 3 heteroatoms. The lowest BCUT2D eigenvalue weighted by Crippen LogP contribution is -2.29. The third-order valence-electron chi connectivity index (χ3n) is 3.46. The molecule has 0 aliphatic heterocycles. The molecular formula is C18H21NO2. The Labute approximate surface area is 125 Å². The van der Waals surface area contributed by atoms with E-state index >= 15 is 0 Å². The van der Waals surface area contributed by atoms with Gasteiger partial charge < -0.3 is 10.4 Å². The lowest BCUT2D eigenvalue weighted by atomic mass is 10.0. The van der Waals surface area contributed by atoms with Gasteiger partial charge in [-0.1, -0.05) is 61.9 Å². The van der Waals surface area contributed by atoms with Gasteiger partial charge in [0.1, 0.15) is 6.04 Å². The normalized spacial score (nSPS) is 11.9. The molecule has 110 valence electrons. The van der Waals surface area contributed by atoms with Crippen molar-refractivity contribution in [2.45, 2.75) is 32.2 Å². The average Bonchev–Trinajstić information content (AvgIpc) is 2.49. The molecule has 0 aliphatic carbocycles. The molecule has 0 aromatic heterocycles. The summed E-state index contributed by atoms with van der Waals surface area (Å²) in [6.45, 7) is 1.99. The van der Waals surface area contributed by atoms with Crippen LogP contribution in [0.15, 0.2) is 54.6 Å². The van der Waals surface area contributed by atoms with E-state index in [1.54, 1.807) is 0 Å². The largest absolute Gasteiger partial charge is 0.480 e. The number of benzene rings is 2. The fraction of sp³-hybridized carbons (Fsp3) is 0.278. The minimum absolute atomic E-state index is 0.535. The summed E-state index contributed by atoms with van der Waals surface area (Å²) in [5, 5.41) is 12.5. The van der Waals surface area contributed by atoms with Crippen molar-refractivity contribution < 1.29 is 9.90 Å². The molecule has 1 atom stereocenters. The van der Waals surface area contributed by atoms with Crippen LogP contribution in [0, 0.1) is 0 Å². The Morgan fingerprint density at radius 1 is 1.10 bits per heavy atom. The van der Waals surface area contributed by atoms with Gasteiger partial charge in [-0.25, -0.2) is 4.79 Å². The van der Waals surface area contributed by atoms with E-state index in [9.17, 15) is 9.90 Å². The van der Waals surface area contributed by atoms with Crippen LogP contribution >= 0.6 is 0 Å². The van der Waals surface area contributed by atoms with Crippen LogP contribution in [0.2, 0.25) is 0 Å². The smallest absolute Gasteiger partial charge is 0.326 e. The number of rotatable bonds is 7. The summed E-state index contributed by atoms with van der Waals surface area (Å²) < 4.78 is 0. The predicted octanol–water partition coefficient (Wildman–Crippen LogP) is 3.94. The molecule has 0 saturated carbocycles. The van der Waals surface area contributed by atoms with Gasteiger partial charge in [-0.2, -0.15) is 0 Å². The third kappa shape index (κ3) is 4.35. The van der Waals surface area contributed by atoms with Crippen LogP contribution < -0.4 is 5.32 Å². The van der Waals surface area contributed by atoms with Gasteiger partial charge in [0.25, 0.3) is 0 Å². The predicted molar refractivity (Wildman–Crippen MR) is 85.6 cm³/mol. The third-order valence-corrected chi connectivity index (χ3v) is 3.46. The lowest BCUT2D eigenvalue weighted by molar-refractivity contribution is -0.138. The van der Waals surface area contributed by atoms with Crippen LogP contribution in [-0.2, 0) is 11.2 Å². The number of aliphatic carboxylic acids is 1. The van der Waals surface area contributed by atoms with Crippen LogP contribution in [0.1, 0.15) is 30.9 Å². The molecule has 21 heavy (non-hydrogen) atoms. The summed E-state index contributed by atoms with van der Waals surface area (Å²) in [6, 6.07) is 17.6. The van der Waals surface area contributed by atoms with E-state index in [1.165, 1.54) is 5.56 Å².